The van der Waals surface area contributed by atoms with Gasteiger partial charge in [-0.3, -0.25) is 4.79 Å². The van der Waals surface area contributed by atoms with Crippen LogP contribution in [-0.2, 0) is 4.74 Å². The first-order chi connectivity index (χ1) is 12.7. The number of methoxy groups -OCH3 is 1. The molecule has 0 bridgehead atoms. The summed E-state index contributed by atoms with van der Waals surface area (Å²) in [6.45, 7) is 0. The highest BCUT2D eigenvalue weighted by Gasteiger charge is 2.15. The van der Waals surface area contributed by atoms with Gasteiger partial charge in [-0.1, -0.05) is 30.3 Å². The SMILES string of the molecule is COC(=O)Nc1[nH]c2cc(C(=O)c3ccccc3)ccc2[nH+]1.[O-][Cl+3]([O-])([O-])[O-]. The zero-order valence-corrected chi connectivity index (χ0v) is 14.6. The van der Waals surface area contributed by atoms with Gasteiger partial charge in [0.2, 0.25) is 0 Å². The fourth-order valence-electron chi connectivity index (χ4n) is 2.17. The van der Waals surface area contributed by atoms with Gasteiger partial charge in [0.25, 0.3) is 0 Å². The second-order valence-corrected chi connectivity index (χ2v) is 5.83. The number of imidazole rings is 1. The molecule has 11 heteroatoms. The zero-order chi connectivity index (χ0) is 20.0. The summed E-state index contributed by atoms with van der Waals surface area (Å²) < 4.78 is 38.5. The highest BCUT2D eigenvalue weighted by Crippen LogP contribution is 2.16. The Balaban J connectivity index is 0.000000465. The van der Waals surface area contributed by atoms with Gasteiger partial charge in [-0.25, -0.2) is 33.4 Å². The van der Waals surface area contributed by atoms with E-state index in [0.717, 1.165) is 5.52 Å². The van der Waals surface area contributed by atoms with Crippen LogP contribution in [0.2, 0.25) is 0 Å². The van der Waals surface area contributed by atoms with Gasteiger partial charge in [0, 0.05) is 11.1 Å². The van der Waals surface area contributed by atoms with Crippen LogP contribution in [0.5, 0.6) is 0 Å². The van der Waals surface area contributed by atoms with E-state index < -0.39 is 16.3 Å². The summed E-state index contributed by atoms with van der Waals surface area (Å²) in [5.74, 6) is 0.339. The van der Waals surface area contributed by atoms with Crippen molar-refractivity contribution in [1.82, 2.24) is 4.98 Å². The number of halogens is 1. The minimum Gasteiger partial charge on any atom is -0.441 e. The minimum absolute atomic E-state index is 0.0559. The van der Waals surface area contributed by atoms with Crippen molar-refractivity contribution in [3.63, 3.8) is 0 Å². The lowest BCUT2D eigenvalue weighted by Gasteiger charge is -2.17. The number of rotatable bonds is 3. The molecule has 0 fully saturated rings. The molecule has 27 heavy (non-hydrogen) atoms. The summed E-state index contributed by atoms with van der Waals surface area (Å²) in [5, 5.41) is 2.50. The van der Waals surface area contributed by atoms with Gasteiger partial charge in [0.1, 0.15) is 11.0 Å². The van der Waals surface area contributed by atoms with E-state index in [4.69, 9.17) is 18.6 Å². The van der Waals surface area contributed by atoms with Gasteiger partial charge in [-0.05, 0) is 18.2 Å². The Labute approximate surface area is 154 Å². The maximum Gasteiger partial charge on any atom is 0.476 e. The smallest absolute Gasteiger partial charge is 0.441 e. The predicted octanol–water partition coefficient (Wildman–Crippen LogP) is -2.36. The largest absolute Gasteiger partial charge is 0.476 e. The number of ketones is 1. The van der Waals surface area contributed by atoms with Crippen molar-refractivity contribution in [1.29, 1.82) is 0 Å². The third-order valence-corrected chi connectivity index (χ3v) is 3.25. The van der Waals surface area contributed by atoms with Gasteiger partial charge in [0.05, 0.1) is 7.11 Å². The monoisotopic (exact) mass is 395 g/mol. The topological polar surface area (TPSA) is 178 Å². The van der Waals surface area contributed by atoms with Crippen LogP contribution in [-0.4, -0.2) is 24.0 Å². The standard InChI is InChI=1S/C16H13N3O3.ClHO4/c1-22-16(21)19-15-17-12-8-7-11(9-13(12)18-15)14(20)10-5-3-2-4-6-10;2-1(3,4)5/h2-9H,1H3,(H2,17,18,19,21);(H,2,3,4,5). The molecule has 3 rings (SSSR count). The van der Waals surface area contributed by atoms with Crippen LogP contribution < -0.4 is 28.9 Å². The van der Waals surface area contributed by atoms with Crippen LogP contribution in [0.4, 0.5) is 10.7 Å². The Hall–Kier alpha value is -3.02. The van der Waals surface area contributed by atoms with Crippen molar-refractivity contribution in [2.45, 2.75) is 0 Å². The molecule has 0 atom stereocenters. The van der Waals surface area contributed by atoms with Crippen molar-refractivity contribution in [2.24, 2.45) is 0 Å². The Morgan fingerprint density at radius 2 is 1.67 bits per heavy atom. The summed E-state index contributed by atoms with van der Waals surface area (Å²) in [5.41, 5.74) is 2.69. The number of anilines is 1. The van der Waals surface area contributed by atoms with Gasteiger partial charge in [-0.2, -0.15) is 5.32 Å². The number of hydrogen-bond acceptors (Lipinski definition) is 7. The maximum absolute atomic E-state index is 12.4. The third kappa shape index (κ3) is 6.33. The Morgan fingerprint density at radius 1 is 1.04 bits per heavy atom. The van der Waals surface area contributed by atoms with Gasteiger partial charge < -0.3 is 4.74 Å². The van der Waals surface area contributed by atoms with Gasteiger partial charge in [-0.15, -0.1) is 10.2 Å². The van der Waals surface area contributed by atoms with E-state index in [2.05, 4.69) is 20.0 Å². The number of carbonyl (C=O) groups excluding carboxylic acids is 2. The van der Waals surface area contributed by atoms with Crippen LogP contribution in [0.1, 0.15) is 15.9 Å². The van der Waals surface area contributed by atoms with Crippen LogP contribution >= 0.6 is 0 Å². The van der Waals surface area contributed by atoms with E-state index in [0.29, 0.717) is 22.6 Å². The lowest BCUT2D eigenvalue weighted by molar-refractivity contribution is -2.00. The molecule has 2 aromatic carbocycles. The summed E-state index contributed by atoms with van der Waals surface area (Å²) in [6.07, 6.45) is -0.580. The molecule has 0 aliphatic heterocycles. The molecule has 1 amide bonds. The molecule has 0 spiro atoms. The number of amides is 1. The van der Waals surface area contributed by atoms with Gasteiger partial charge >= 0.3 is 12.0 Å². The molecule has 3 N–H and O–H groups in total. The first-order valence-electron chi connectivity index (χ1n) is 7.29. The number of nitrogens with one attached hydrogen (secondary N) is 3. The van der Waals surface area contributed by atoms with Crippen molar-refractivity contribution in [3.8, 4) is 0 Å². The number of H-pyrrole nitrogens is 2. The second-order valence-electron chi connectivity index (χ2n) is 5.08. The molecular formula is C16H14ClN3O7. The van der Waals surface area contributed by atoms with E-state index in [9.17, 15) is 9.59 Å². The molecule has 10 nitrogen and oxygen atoms in total. The lowest BCUT2D eigenvalue weighted by atomic mass is 10.0. The van der Waals surface area contributed by atoms with Crippen LogP contribution in [0.3, 0.4) is 0 Å². The molecule has 0 aliphatic carbocycles. The summed E-state index contributed by atoms with van der Waals surface area (Å²) >= 11 is 0. The van der Waals surface area contributed by atoms with E-state index >= 15 is 0 Å². The van der Waals surface area contributed by atoms with Crippen LogP contribution in [0, 0.1) is 10.2 Å². The highest BCUT2D eigenvalue weighted by molar-refractivity contribution is 6.10. The fourth-order valence-corrected chi connectivity index (χ4v) is 2.17. The van der Waals surface area contributed by atoms with Gasteiger partial charge in [0.15, 0.2) is 5.78 Å². The number of benzene rings is 2. The van der Waals surface area contributed by atoms with Crippen LogP contribution in [0.25, 0.3) is 11.0 Å². The number of aromatic amines is 2. The van der Waals surface area contributed by atoms with Crippen LogP contribution in [0.15, 0.2) is 48.5 Å². The number of fused-ring (bicyclic) bond motifs is 1. The predicted molar refractivity (Wildman–Crippen MR) is 80.8 cm³/mol. The zero-order valence-electron chi connectivity index (χ0n) is 13.9. The maximum atomic E-state index is 12.4. The highest BCUT2D eigenvalue weighted by atomic mass is 35.7. The number of hydrogen-bond donors (Lipinski definition) is 2. The molecule has 0 saturated carbocycles. The van der Waals surface area contributed by atoms with E-state index in [1.165, 1.54) is 7.11 Å². The quantitative estimate of drug-likeness (QED) is 0.465. The summed E-state index contributed by atoms with van der Waals surface area (Å²) in [6, 6.07) is 14.3. The number of carbonyl (C=O) groups is 2. The molecule has 0 aliphatic rings. The Kier molecular flexibility index (Phi) is 6.45. The lowest BCUT2D eigenvalue weighted by Crippen LogP contribution is -2.68. The minimum atomic E-state index is -4.94. The van der Waals surface area contributed by atoms with E-state index in [1.807, 2.05) is 18.2 Å². The number of ether oxygens (including phenoxy) is 1. The molecule has 1 heterocycles. The number of aromatic nitrogens is 2. The molecule has 0 unspecified atom stereocenters. The molecule has 0 saturated heterocycles. The molecule has 1 aromatic heterocycles. The second kappa shape index (κ2) is 8.58. The molecule has 0 radical (unpaired) electrons. The van der Waals surface area contributed by atoms with Crippen molar-refractivity contribution in [3.05, 3.63) is 59.7 Å². The summed E-state index contributed by atoms with van der Waals surface area (Å²) in [4.78, 5) is 29.6. The summed E-state index contributed by atoms with van der Waals surface area (Å²) in [7, 11) is -3.66. The third-order valence-electron chi connectivity index (χ3n) is 3.25. The Bertz CT molecular complexity index is 932. The fraction of sp³-hybridized carbons (Fsp3) is 0.0625. The van der Waals surface area contributed by atoms with Crippen molar-refractivity contribution < 1.29 is 48.2 Å². The van der Waals surface area contributed by atoms with Crippen molar-refractivity contribution >= 4 is 28.9 Å². The molecule has 142 valence electrons. The van der Waals surface area contributed by atoms with Crippen molar-refractivity contribution in [2.75, 3.05) is 12.4 Å². The first kappa shape index (κ1) is 20.3. The first-order valence-corrected chi connectivity index (χ1v) is 8.52. The average molecular weight is 396 g/mol. The Morgan fingerprint density at radius 3 is 2.26 bits per heavy atom. The van der Waals surface area contributed by atoms with E-state index in [-0.39, 0.29) is 5.78 Å². The van der Waals surface area contributed by atoms with E-state index in [1.54, 1.807) is 30.3 Å². The average Bonchev–Trinajstić information content (AvgIpc) is 3.01. The molecule has 3 aromatic rings. The molecular weight excluding hydrogens is 382 g/mol. The normalized spacial score (nSPS) is 10.7.